The van der Waals surface area contributed by atoms with Gasteiger partial charge in [-0.1, -0.05) is 5.16 Å². The van der Waals surface area contributed by atoms with E-state index in [1.807, 2.05) is 0 Å². The molecule has 3 rings (SSSR count). The Kier molecular flexibility index (Phi) is 4.90. The van der Waals surface area contributed by atoms with Crippen LogP contribution < -0.4 is 14.8 Å². The number of carbonyl (C=O) groups is 1. The molecule has 1 saturated heterocycles. The number of aromatic nitrogens is 3. The fraction of sp³-hybridized carbons (Fsp3) is 0.467. The second-order valence-corrected chi connectivity index (χ2v) is 5.14. The lowest BCUT2D eigenvalue weighted by Crippen LogP contribution is -2.24. The third-order valence-electron chi connectivity index (χ3n) is 3.58. The Morgan fingerprint density at radius 2 is 2.21 bits per heavy atom. The number of methoxy groups -OCH3 is 2. The summed E-state index contributed by atoms with van der Waals surface area (Å²) >= 11 is 0. The molecule has 0 radical (unpaired) electrons. The molecule has 1 N–H and O–H groups in total. The molecule has 1 atom stereocenters. The molecule has 0 aliphatic carbocycles. The lowest BCUT2D eigenvalue weighted by atomic mass is 10.2. The van der Waals surface area contributed by atoms with Crippen LogP contribution in [0, 0.1) is 0 Å². The first-order chi connectivity index (χ1) is 11.7. The van der Waals surface area contributed by atoms with Gasteiger partial charge in [-0.2, -0.15) is 9.97 Å². The topological polar surface area (TPSA) is 109 Å². The summed E-state index contributed by atoms with van der Waals surface area (Å²) < 4.78 is 20.8. The van der Waals surface area contributed by atoms with Crippen LogP contribution in [0.15, 0.2) is 16.7 Å². The Balaban J connectivity index is 1.63. The lowest BCUT2D eigenvalue weighted by Gasteiger charge is -2.08. The zero-order valence-electron chi connectivity index (χ0n) is 13.4. The largest absolute Gasteiger partial charge is 0.481 e. The smallest absolute Gasteiger partial charge is 0.257 e. The highest BCUT2D eigenvalue weighted by atomic mass is 16.5. The van der Waals surface area contributed by atoms with Crippen molar-refractivity contribution in [3.05, 3.63) is 29.4 Å². The van der Waals surface area contributed by atoms with Crippen LogP contribution >= 0.6 is 0 Å². The van der Waals surface area contributed by atoms with Gasteiger partial charge in [-0.05, 0) is 18.9 Å². The molecule has 9 nitrogen and oxygen atoms in total. The van der Waals surface area contributed by atoms with Crippen LogP contribution in [0.2, 0.25) is 0 Å². The van der Waals surface area contributed by atoms with Crippen molar-refractivity contribution in [1.29, 1.82) is 0 Å². The molecule has 0 saturated carbocycles. The van der Waals surface area contributed by atoms with Gasteiger partial charge in [0.1, 0.15) is 11.7 Å². The monoisotopic (exact) mass is 334 g/mol. The van der Waals surface area contributed by atoms with E-state index < -0.39 is 0 Å². The Bertz CT molecular complexity index is 712. The van der Waals surface area contributed by atoms with Gasteiger partial charge in [-0.15, -0.1) is 0 Å². The van der Waals surface area contributed by atoms with E-state index in [1.54, 1.807) is 12.1 Å². The van der Waals surface area contributed by atoms with E-state index >= 15 is 0 Å². The number of rotatable bonds is 6. The highest BCUT2D eigenvalue weighted by molar-refractivity contribution is 5.96. The summed E-state index contributed by atoms with van der Waals surface area (Å²) in [6.07, 6.45) is 1.69. The molecular weight excluding hydrogens is 316 g/mol. The molecule has 0 unspecified atom stereocenters. The number of nitrogens with zero attached hydrogens (tertiary/aromatic N) is 3. The Morgan fingerprint density at radius 3 is 2.92 bits per heavy atom. The molecular formula is C15H18N4O5. The predicted octanol–water partition coefficient (Wildman–Crippen LogP) is 1.26. The standard InChI is InChI=1S/C15H18N4O5/c1-21-12-6-5-9(14(18-12)22-2)13(20)16-8-11-17-15(24-19-11)10-4-3-7-23-10/h5-6,10H,3-4,7-8H2,1-2H3,(H,16,20)/t10-/m1/s1. The average Bonchev–Trinajstić information content (AvgIpc) is 3.30. The highest BCUT2D eigenvalue weighted by Gasteiger charge is 2.24. The van der Waals surface area contributed by atoms with Crippen molar-refractivity contribution < 1.29 is 23.5 Å². The van der Waals surface area contributed by atoms with Crippen LogP contribution in [0.25, 0.3) is 0 Å². The minimum absolute atomic E-state index is 0.129. The Labute approximate surface area is 138 Å². The maximum absolute atomic E-state index is 12.3. The van der Waals surface area contributed by atoms with Crippen LogP contribution in [-0.4, -0.2) is 41.9 Å². The number of hydrogen-bond donors (Lipinski definition) is 1. The quantitative estimate of drug-likeness (QED) is 0.841. The van der Waals surface area contributed by atoms with Gasteiger partial charge in [0.25, 0.3) is 11.8 Å². The molecule has 3 heterocycles. The van der Waals surface area contributed by atoms with E-state index in [4.69, 9.17) is 18.7 Å². The molecule has 24 heavy (non-hydrogen) atoms. The molecule has 0 bridgehead atoms. The molecule has 2 aromatic heterocycles. The number of hydrogen-bond acceptors (Lipinski definition) is 8. The number of ether oxygens (including phenoxy) is 3. The van der Waals surface area contributed by atoms with E-state index in [1.165, 1.54) is 14.2 Å². The number of pyridine rings is 1. The van der Waals surface area contributed by atoms with Gasteiger partial charge in [0.15, 0.2) is 5.82 Å². The molecule has 1 fully saturated rings. The average molecular weight is 334 g/mol. The molecule has 2 aromatic rings. The normalized spacial score (nSPS) is 16.8. The lowest BCUT2D eigenvalue weighted by molar-refractivity contribution is 0.0835. The van der Waals surface area contributed by atoms with Crippen molar-refractivity contribution in [3.63, 3.8) is 0 Å². The first kappa shape index (κ1) is 16.2. The fourth-order valence-corrected chi connectivity index (χ4v) is 2.36. The number of nitrogens with one attached hydrogen (secondary N) is 1. The summed E-state index contributed by atoms with van der Waals surface area (Å²) in [6, 6.07) is 3.16. The molecule has 0 aromatic carbocycles. The van der Waals surface area contributed by atoms with Crippen molar-refractivity contribution in [2.75, 3.05) is 20.8 Å². The molecule has 1 aliphatic heterocycles. The van der Waals surface area contributed by atoms with Crippen molar-refractivity contribution in [2.45, 2.75) is 25.5 Å². The van der Waals surface area contributed by atoms with E-state index in [0.29, 0.717) is 29.8 Å². The van der Waals surface area contributed by atoms with E-state index in [0.717, 1.165) is 12.8 Å². The number of carbonyl (C=O) groups excluding carboxylic acids is 1. The second kappa shape index (κ2) is 7.26. The van der Waals surface area contributed by atoms with Crippen LogP contribution in [0.3, 0.4) is 0 Å². The summed E-state index contributed by atoms with van der Waals surface area (Å²) in [5.74, 6) is 1.02. The third kappa shape index (κ3) is 3.46. The van der Waals surface area contributed by atoms with E-state index in [9.17, 15) is 4.79 Å². The summed E-state index contributed by atoms with van der Waals surface area (Å²) in [5, 5.41) is 6.55. The maximum atomic E-state index is 12.3. The van der Waals surface area contributed by atoms with Crippen LogP contribution in [0.4, 0.5) is 0 Å². The molecule has 1 amide bonds. The maximum Gasteiger partial charge on any atom is 0.257 e. The highest BCUT2D eigenvalue weighted by Crippen LogP contribution is 2.26. The minimum atomic E-state index is -0.356. The van der Waals surface area contributed by atoms with Gasteiger partial charge in [-0.25, -0.2) is 0 Å². The van der Waals surface area contributed by atoms with Gasteiger partial charge in [0, 0.05) is 12.7 Å². The van der Waals surface area contributed by atoms with Gasteiger partial charge < -0.3 is 24.1 Å². The van der Waals surface area contributed by atoms with Gasteiger partial charge >= 0.3 is 0 Å². The van der Waals surface area contributed by atoms with E-state index in [2.05, 4.69) is 20.4 Å². The summed E-state index contributed by atoms with van der Waals surface area (Å²) in [6.45, 7) is 0.827. The zero-order chi connectivity index (χ0) is 16.9. The summed E-state index contributed by atoms with van der Waals surface area (Å²) in [7, 11) is 2.93. The molecule has 0 spiro atoms. The van der Waals surface area contributed by atoms with E-state index in [-0.39, 0.29) is 24.4 Å². The van der Waals surface area contributed by atoms with Crippen molar-refractivity contribution in [2.24, 2.45) is 0 Å². The van der Waals surface area contributed by atoms with Gasteiger partial charge in [0.05, 0.1) is 20.8 Å². The third-order valence-corrected chi connectivity index (χ3v) is 3.58. The Morgan fingerprint density at radius 1 is 1.33 bits per heavy atom. The van der Waals surface area contributed by atoms with Crippen molar-refractivity contribution >= 4 is 5.91 Å². The molecule has 9 heteroatoms. The molecule has 1 aliphatic rings. The summed E-state index contributed by atoms with van der Waals surface area (Å²) in [4.78, 5) is 20.6. The number of amides is 1. The minimum Gasteiger partial charge on any atom is -0.481 e. The zero-order valence-corrected chi connectivity index (χ0v) is 13.4. The van der Waals surface area contributed by atoms with Crippen LogP contribution in [0.5, 0.6) is 11.8 Å². The first-order valence-corrected chi connectivity index (χ1v) is 7.52. The molecule has 128 valence electrons. The Hall–Kier alpha value is -2.68. The fourth-order valence-electron chi connectivity index (χ4n) is 2.36. The second-order valence-electron chi connectivity index (χ2n) is 5.14. The van der Waals surface area contributed by atoms with Gasteiger partial charge in [0.2, 0.25) is 11.8 Å². The summed E-state index contributed by atoms with van der Waals surface area (Å²) in [5.41, 5.74) is 0.293. The van der Waals surface area contributed by atoms with Crippen molar-refractivity contribution in [1.82, 2.24) is 20.4 Å². The van der Waals surface area contributed by atoms with Crippen LogP contribution in [-0.2, 0) is 11.3 Å². The van der Waals surface area contributed by atoms with Gasteiger partial charge in [-0.3, -0.25) is 4.79 Å². The first-order valence-electron chi connectivity index (χ1n) is 7.52. The predicted molar refractivity (Wildman–Crippen MR) is 80.7 cm³/mol. The SMILES string of the molecule is COc1ccc(C(=O)NCc2noc([C@H]3CCCO3)n2)c(OC)n1. The van der Waals surface area contributed by atoms with Crippen LogP contribution in [0.1, 0.15) is 41.0 Å². The van der Waals surface area contributed by atoms with Crippen molar-refractivity contribution in [3.8, 4) is 11.8 Å².